The highest BCUT2D eigenvalue weighted by Gasteiger charge is 2.11. The summed E-state index contributed by atoms with van der Waals surface area (Å²) in [7, 11) is 0. The predicted octanol–water partition coefficient (Wildman–Crippen LogP) is 3.79. The molecular formula is C21H25BrN2O4. The lowest BCUT2D eigenvalue weighted by molar-refractivity contribution is -0.131. The zero-order chi connectivity index (χ0) is 20.7. The zero-order valence-corrected chi connectivity index (χ0v) is 18.1. The Bertz CT molecular complexity index is 852. The number of rotatable bonds is 7. The van der Waals surface area contributed by atoms with Crippen molar-refractivity contribution in [1.82, 2.24) is 10.9 Å². The van der Waals surface area contributed by atoms with Crippen LogP contribution in [0.2, 0.25) is 0 Å². The largest absolute Gasteiger partial charge is 0.483 e. The first kappa shape index (κ1) is 21.8. The van der Waals surface area contributed by atoms with Crippen molar-refractivity contribution in [3.05, 3.63) is 57.6 Å². The summed E-state index contributed by atoms with van der Waals surface area (Å²) >= 11 is 3.38. The number of benzene rings is 2. The average Bonchev–Trinajstić information content (AvgIpc) is 2.63. The summed E-state index contributed by atoms with van der Waals surface area (Å²) in [6.07, 6.45) is 0. The third-order valence-corrected chi connectivity index (χ3v) is 4.56. The average molecular weight is 449 g/mol. The van der Waals surface area contributed by atoms with E-state index in [1.54, 1.807) is 6.07 Å². The molecule has 2 aromatic rings. The molecule has 150 valence electrons. The highest BCUT2D eigenvalue weighted by atomic mass is 79.9. The first-order chi connectivity index (χ1) is 13.3. The van der Waals surface area contributed by atoms with Crippen LogP contribution in [0.3, 0.4) is 0 Å². The van der Waals surface area contributed by atoms with Crippen LogP contribution in [0.4, 0.5) is 0 Å². The van der Waals surface area contributed by atoms with Crippen LogP contribution in [0.25, 0.3) is 0 Å². The van der Waals surface area contributed by atoms with E-state index in [0.717, 1.165) is 21.2 Å². The van der Waals surface area contributed by atoms with Gasteiger partial charge >= 0.3 is 0 Å². The SMILES string of the molecule is Cc1ccc(OCC(=O)NNC(=O)COc2cc(C)ccc2C(C)C)c(Br)c1. The van der Waals surface area contributed by atoms with Crippen molar-refractivity contribution in [3.8, 4) is 11.5 Å². The molecule has 0 aliphatic rings. The first-order valence-electron chi connectivity index (χ1n) is 8.96. The second kappa shape index (κ2) is 10.1. The number of halogens is 1. The highest BCUT2D eigenvalue weighted by molar-refractivity contribution is 9.10. The number of aryl methyl sites for hydroxylation is 2. The van der Waals surface area contributed by atoms with Gasteiger partial charge in [0, 0.05) is 0 Å². The summed E-state index contributed by atoms with van der Waals surface area (Å²) in [6, 6.07) is 11.4. The molecule has 0 bridgehead atoms. The van der Waals surface area contributed by atoms with Crippen LogP contribution >= 0.6 is 15.9 Å². The minimum Gasteiger partial charge on any atom is -0.483 e. The van der Waals surface area contributed by atoms with Gasteiger partial charge in [0.2, 0.25) is 0 Å². The van der Waals surface area contributed by atoms with E-state index in [9.17, 15) is 9.59 Å². The molecule has 0 spiro atoms. The second-order valence-corrected chi connectivity index (χ2v) is 7.66. The normalized spacial score (nSPS) is 10.5. The van der Waals surface area contributed by atoms with Crippen molar-refractivity contribution < 1.29 is 19.1 Å². The van der Waals surface area contributed by atoms with Gasteiger partial charge in [0.15, 0.2) is 13.2 Å². The Morgan fingerprint density at radius 3 is 2.00 bits per heavy atom. The summed E-state index contributed by atoms with van der Waals surface area (Å²) in [6.45, 7) is 7.61. The molecule has 0 radical (unpaired) electrons. The molecule has 7 heteroatoms. The molecule has 0 atom stereocenters. The number of nitrogens with one attached hydrogen (secondary N) is 2. The Morgan fingerprint density at radius 2 is 1.43 bits per heavy atom. The smallest absolute Gasteiger partial charge is 0.276 e. The number of carbonyl (C=O) groups is 2. The molecule has 0 aromatic heterocycles. The molecule has 28 heavy (non-hydrogen) atoms. The van der Waals surface area contributed by atoms with Gasteiger partial charge in [0.05, 0.1) is 4.47 Å². The van der Waals surface area contributed by atoms with E-state index in [1.165, 1.54) is 0 Å². The molecule has 2 aromatic carbocycles. The number of ether oxygens (including phenoxy) is 2. The Hall–Kier alpha value is -2.54. The van der Waals surface area contributed by atoms with Gasteiger partial charge < -0.3 is 9.47 Å². The monoisotopic (exact) mass is 448 g/mol. The van der Waals surface area contributed by atoms with Crippen LogP contribution in [0, 0.1) is 13.8 Å². The Kier molecular flexibility index (Phi) is 7.87. The third-order valence-electron chi connectivity index (χ3n) is 3.94. The van der Waals surface area contributed by atoms with Gasteiger partial charge in [-0.05, 0) is 70.6 Å². The van der Waals surface area contributed by atoms with Crippen LogP contribution in [0.15, 0.2) is 40.9 Å². The number of hydrogen-bond donors (Lipinski definition) is 2. The van der Waals surface area contributed by atoms with Gasteiger partial charge in [0.1, 0.15) is 11.5 Å². The van der Waals surface area contributed by atoms with Crippen LogP contribution in [0.1, 0.15) is 36.5 Å². The fraction of sp³-hybridized carbons (Fsp3) is 0.333. The maximum Gasteiger partial charge on any atom is 0.276 e. The minimum absolute atomic E-state index is 0.201. The molecule has 2 amide bonds. The number of hydrogen-bond acceptors (Lipinski definition) is 4. The van der Waals surface area contributed by atoms with Gasteiger partial charge in [-0.3, -0.25) is 20.4 Å². The molecule has 0 saturated carbocycles. The van der Waals surface area contributed by atoms with Crippen molar-refractivity contribution in [2.75, 3.05) is 13.2 Å². The Labute approximate surface area is 173 Å². The molecule has 6 nitrogen and oxygen atoms in total. The second-order valence-electron chi connectivity index (χ2n) is 6.80. The van der Waals surface area contributed by atoms with E-state index in [-0.39, 0.29) is 19.1 Å². The van der Waals surface area contributed by atoms with E-state index in [2.05, 4.69) is 40.6 Å². The van der Waals surface area contributed by atoms with Crippen molar-refractivity contribution >= 4 is 27.7 Å². The van der Waals surface area contributed by atoms with Gasteiger partial charge in [0.25, 0.3) is 11.8 Å². The lowest BCUT2D eigenvalue weighted by Gasteiger charge is -2.15. The van der Waals surface area contributed by atoms with Crippen molar-refractivity contribution in [2.24, 2.45) is 0 Å². The predicted molar refractivity (Wildman–Crippen MR) is 111 cm³/mol. The molecule has 2 rings (SSSR count). The molecule has 0 aliphatic carbocycles. The van der Waals surface area contributed by atoms with Crippen molar-refractivity contribution in [3.63, 3.8) is 0 Å². The topological polar surface area (TPSA) is 76.7 Å². The standard InChI is InChI=1S/C21H25BrN2O4/c1-13(2)16-7-5-15(4)10-19(16)28-12-21(26)24-23-20(25)11-27-18-8-6-14(3)9-17(18)22/h5-10,13H,11-12H2,1-4H3,(H,23,25)(H,24,26). The quantitative estimate of drug-likeness (QED) is 0.631. The molecule has 0 unspecified atom stereocenters. The van der Waals surface area contributed by atoms with Crippen LogP contribution in [-0.2, 0) is 9.59 Å². The maximum atomic E-state index is 12.0. The van der Waals surface area contributed by atoms with Gasteiger partial charge in [-0.15, -0.1) is 0 Å². The summed E-state index contributed by atoms with van der Waals surface area (Å²) in [5.74, 6) is 0.567. The molecule has 0 aliphatic heterocycles. The number of amides is 2. The lowest BCUT2D eigenvalue weighted by Crippen LogP contribution is -2.45. The van der Waals surface area contributed by atoms with Crippen LogP contribution in [-0.4, -0.2) is 25.0 Å². The Morgan fingerprint density at radius 1 is 0.893 bits per heavy atom. The highest BCUT2D eigenvalue weighted by Crippen LogP contribution is 2.27. The molecule has 0 fully saturated rings. The zero-order valence-electron chi connectivity index (χ0n) is 16.5. The van der Waals surface area contributed by atoms with E-state index < -0.39 is 11.8 Å². The molecule has 2 N–H and O–H groups in total. The fourth-order valence-electron chi connectivity index (χ4n) is 2.46. The minimum atomic E-state index is -0.473. The molecular weight excluding hydrogens is 424 g/mol. The fourth-order valence-corrected chi connectivity index (χ4v) is 3.07. The van der Waals surface area contributed by atoms with Crippen molar-refractivity contribution in [2.45, 2.75) is 33.6 Å². The molecule has 0 saturated heterocycles. The van der Waals surface area contributed by atoms with Crippen LogP contribution < -0.4 is 20.3 Å². The summed E-state index contributed by atoms with van der Waals surface area (Å²) in [5, 5.41) is 0. The summed E-state index contributed by atoms with van der Waals surface area (Å²) < 4.78 is 11.8. The maximum absolute atomic E-state index is 12.0. The number of carbonyl (C=O) groups excluding carboxylic acids is 2. The van der Waals surface area contributed by atoms with Crippen LogP contribution in [0.5, 0.6) is 11.5 Å². The first-order valence-corrected chi connectivity index (χ1v) is 9.75. The van der Waals surface area contributed by atoms with Gasteiger partial charge in [-0.25, -0.2) is 0 Å². The van der Waals surface area contributed by atoms with E-state index >= 15 is 0 Å². The summed E-state index contributed by atoms with van der Waals surface area (Å²) in [5.41, 5.74) is 7.78. The summed E-state index contributed by atoms with van der Waals surface area (Å²) in [4.78, 5) is 23.8. The van der Waals surface area contributed by atoms with E-state index in [4.69, 9.17) is 9.47 Å². The van der Waals surface area contributed by atoms with Crippen molar-refractivity contribution in [1.29, 1.82) is 0 Å². The van der Waals surface area contributed by atoms with Gasteiger partial charge in [-0.2, -0.15) is 0 Å². The number of hydrazine groups is 1. The van der Waals surface area contributed by atoms with E-state index in [0.29, 0.717) is 11.5 Å². The molecule has 0 heterocycles. The third kappa shape index (κ3) is 6.56. The van der Waals surface area contributed by atoms with E-state index in [1.807, 2.05) is 44.2 Å². The van der Waals surface area contributed by atoms with Gasteiger partial charge in [-0.1, -0.05) is 32.0 Å². The Balaban J connectivity index is 1.78. The lowest BCUT2D eigenvalue weighted by atomic mass is 10.0.